The van der Waals surface area contributed by atoms with Gasteiger partial charge in [-0.3, -0.25) is 9.59 Å². The summed E-state index contributed by atoms with van der Waals surface area (Å²) in [6, 6.07) is -0.244. The van der Waals surface area contributed by atoms with Gasteiger partial charge in [-0.05, 0) is 40.0 Å². The predicted octanol–water partition coefficient (Wildman–Crippen LogP) is 0.955. The molecule has 2 unspecified atom stereocenters. The van der Waals surface area contributed by atoms with E-state index in [1.165, 1.54) is 0 Å². The number of nitrogens with one attached hydrogen (secondary N) is 2. The minimum atomic E-state index is -0.491. The lowest BCUT2D eigenvalue weighted by Gasteiger charge is -2.30. The highest BCUT2D eigenvalue weighted by atomic mass is 35.5. The molecule has 0 heterocycles. The van der Waals surface area contributed by atoms with Crippen LogP contribution in [0, 0.1) is 5.92 Å². The van der Waals surface area contributed by atoms with Gasteiger partial charge in [-0.2, -0.15) is 0 Å². The van der Waals surface area contributed by atoms with Crippen molar-refractivity contribution in [1.29, 1.82) is 0 Å². The molecule has 112 valence electrons. The van der Waals surface area contributed by atoms with E-state index in [0.717, 1.165) is 25.7 Å². The molecule has 0 bridgehead atoms. The van der Waals surface area contributed by atoms with Crippen molar-refractivity contribution in [3.05, 3.63) is 0 Å². The second-order valence-corrected chi connectivity index (χ2v) is 5.52. The lowest BCUT2D eigenvalue weighted by Crippen LogP contribution is -2.47. The van der Waals surface area contributed by atoms with Crippen LogP contribution in [-0.2, 0) is 9.59 Å². The lowest BCUT2D eigenvalue weighted by molar-refractivity contribution is -0.128. The van der Waals surface area contributed by atoms with E-state index in [1.807, 2.05) is 13.8 Å². The van der Waals surface area contributed by atoms with Crippen LogP contribution in [-0.4, -0.2) is 29.9 Å². The zero-order chi connectivity index (χ0) is 13.7. The van der Waals surface area contributed by atoms with Crippen molar-refractivity contribution in [3.8, 4) is 0 Å². The van der Waals surface area contributed by atoms with Gasteiger partial charge in [-0.25, -0.2) is 0 Å². The molecular weight excluding hydrogens is 266 g/mol. The summed E-state index contributed by atoms with van der Waals surface area (Å²) >= 11 is 0. The first-order valence-electron chi connectivity index (χ1n) is 6.76. The third-order valence-corrected chi connectivity index (χ3v) is 3.24. The van der Waals surface area contributed by atoms with Gasteiger partial charge in [0.1, 0.15) is 0 Å². The van der Waals surface area contributed by atoms with Gasteiger partial charge in [0.25, 0.3) is 0 Å². The normalized spacial score (nSPS) is 24.3. The molecule has 1 saturated carbocycles. The Labute approximate surface area is 121 Å². The van der Waals surface area contributed by atoms with Crippen LogP contribution in [0.25, 0.3) is 0 Å². The largest absolute Gasteiger partial charge is 0.354 e. The highest BCUT2D eigenvalue weighted by Crippen LogP contribution is 2.24. The molecule has 0 aromatic rings. The van der Waals surface area contributed by atoms with Gasteiger partial charge in [0.2, 0.25) is 11.8 Å². The van der Waals surface area contributed by atoms with Crippen LogP contribution in [0.15, 0.2) is 0 Å². The third-order valence-electron chi connectivity index (χ3n) is 3.24. The number of carbonyl (C=O) groups is 2. The fourth-order valence-corrected chi connectivity index (χ4v) is 2.29. The maximum Gasteiger partial charge on any atom is 0.236 e. The molecule has 5 nitrogen and oxygen atoms in total. The number of hydrogen-bond acceptors (Lipinski definition) is 3. The van der Waals surface area contributed by atoms with Crippen molar-refractivity contribution in [2.75, 3.05) is 0 Å². The van der Waals surface area contributed by atoms with E-state index in [4.69, 9.17) is 5.73 Å². The molecule has 0 aromatic carbocycles. The molecule has 1 aliphatic carbocycles. The van der Waals surface area contributed by atoms with E-state index in [1.54, 1.807) is 6.92 Å². The van der Waals surface area contributed by atoms with Crippen molar-refractivity contribution in [1.82, 2.24) is 10.6 Å². The highest BCUT2D eigenvalue weighted by molar-refractivity contribution is 5.85. The van der Waals surface area contributed by atoms with Crippen molar-refractivity contribution in [2.45, 2.75) is 64.6 Å². The molecule has 19 heavy (non-hydrogen) atoms. The molecule has 1 aliphatic rings. The summed E-state index contributed by atoms with van der Waals surface area (Å²) in [4.78, 5) is 23.5. The quantitative estimate of drug-likeness (QED) is 0.721. The van der Waals surface area contributed by atoms with E-state index in [2.05, 4.69) is 10.6 Å². The number of amides is 2. The van der Waals surface area contributed by atoms with Gasteiger partial charge in [-0.1, -0.05) is 6.42 Å². The summed E-state index contributed by atoms with van der Waals surface area (Å²) in [7, 11) is 0. The van der Waals surface area contributed by atoms with E-state index in [-0.39, 0.29) is 42.2 Å². The van der Waals surface area contributed by atoms with E-state index in [9.17, 15) is 9.59 Å². The van der Waals surface area contributed by atoms with Crippen LogP contribution in [0.1, 0.15) is 46.5 Å². The topological polar surface area (TPSA) is 84.2 Å². The Bertz CT molecular complexity index is 308. The fraction of sp³-hybridized carbons (Fsp3) is 0.846. The standard InChI is InChI=1S/C13H25N3O2.ClH/c1-8(2)15-13(18)10-5-4-6-11(7-10)16-12(17)9(3)14;/h8-11H,4-7,14H2,1-3H3,(H,15,18)(H,16,17);1H/t9-,10?,11?;/m1./s1. The smallest absolute Gasteiger partial charge is 0.236 e. The molecule has 2 amide bonds. The van der Waals surface area contributed by atoms with Gasteiger partial charge >= 0.3 is 0 Å². The number of nitrogens with two attached hydrogens (primary N) is 1. The maximum atomic E-state index is 11.9. The summed E-state index contributed by atoms with van der Waals surface area (Å²) in [5.41, 5.74) is 5.52. The van der Waals surface area contributed by atoms with Gasteiger partial charge in [0, 0.05) is 18.0 Å². The molecule has 3 atom stereocenters. The summed E-state index contributed by atoms with van der Waals surface area (Å²) in [5.74, 6) is -0.0193. The lowest BCUT2D eigenvalue weighted by atomic mass is 9.85. The molecular formula is C13H26ClN3O2. The average molecular weight is 292 g/mol. The van der Waals surface area contributed by atoms with Crippen molar-refractivity contribution < 1.29 is 9.59 Å². The minimum absolute atomic E-state index is 0. The monoisotopic (exact) mass is 291 g/mol. The number of halogens is 1. The Hall–Kier alpha value is -0.810. The molecule has 6 heteroatoms. The molecule has 4 N–H and O–H groups in total. The van der Waals surface area contributed by atoms with Crippen LogP contribution in [0.2, 0.25) is 0 Å². The van der Waals surface area contributed by atoms with E-state index < -0.39 is 6.04 Å². The van der Waals surface area contributed by atoms with Crippen LogP contribution >= 0.6 is 12.4 Å². The average Bonchev–Trinajstić information content (AvgIpc) is 2.28. The first-order valence-corrected chi connectivity index (χ1v) is 6.76. The number of hydrogen-bond donors (Lipinski definition) is 3. The molecule has 1 rings (SSSR count). The van der Waals surface area contributed by atoms with Crippen molar-refractivity contribution >= 4 is 24.2 Å². The molecule has 0 spiro atoms. The Balaban J connectivity index is 0.00000324. The van der Waals surface area contributed by atoms with Gasteiger partial charge < -0.3 is 16.4 Å². The minimum Gasteiger partial charge on any atom is -0.354 e. The maximum absolute atomic E-state index is 11.9. The van der Waals surface area contributed by atoms with E-state index >= 15 is 0 Å². The number of carbonyl (C=O) groups excluding carboxylic acids is 2. The van der Waals surface area contributed by atoms with Crippen molar-refractivity contribution in [3.63, 3.8) is 0 Å². The predicted molar refractivity (Wildman–Crippen MR) is 78.1 cm³/mol. The third kappa shape index (κ3) is 6.25. The Morgan fingerprint density at radius 2 is 1.84 bits per heavy atom. The number of rotatable bonds is 4. The highest BCUT2D eigenvalue weighted by Gasteiger charge is 2.28. The van der Waals surface area contributed by atoms with Crippen LogP contribution < -0.4 is 16.4 Å². The molecule has 1 fully saturated rings. The Morgan fingerprint density at radius 3 is 2.37 bits per heavy atom. The van der Waals surface area contributed by atoms with Crippen LogP contribution in [0.5, 0.6) is 0 Å². The van der Waals surface area contributed by atoms with Gasteiger partial charge in [-0.15, -0.1) is 12.4 Å². The zero-order valence-corrected chi connectivity index (χ0v) is 12.8. The van der Waals surface area contributed by atoms with Gasteiger partial charge in [0.15, 0.2) is 0 Å². The first-order chi connectivity index (χ1) is 8.40. The second-order valence-electron chi connectivity index (χ2n) is 5.52. The molecule has 0 saturated heterocycles. The van der Waals surface area contributed by atoms with Crippen LogP contribution in [0.4, 0.5) is 0 Å². The summed E-state index contributed by atoms with van der Waals surface area (Å²) in [6.45, 7) is 5.58. The molecule has 0 aromatic heterocycles. The van der Waals surface area contributed by atoms with Gasteiger partial charge in [0.05, 0.1) is 6.04 Å². The molecule has 0 aliphatic heterocycles. The van der Waals surface area contributed by atoms with Crippen LogP contribution in [0.3, 0.4) is 0 Å². The summed E-state index contributed by atoms with van der Waals surface area (Å²) < 4.78 is 0. The summed E-state index contributed by atoms with van der Waals surface area (Å²) in [6.07, 6.45) is 3.53. The SMILES string of the molecule is CC(C)NC(=O)C1CCCC(NC(=O)[C@@H](C)N)C1.Cl. The Morgan fingerprint density at radius 1 is 1.21 bits per heavy atom. The first kappa shape index (κ1) is 18.2. The molecule has 0 radical (unpaired) electrons. The second kappa shape index (κ2) is 8.38. The van der Waals surface area contributed by atoms with E-state index in [0.29, 0.717) is 0 Å². The van der Waals surface area contributed by atoms with Crippen molar-refractivity contribution in [2.24, 2.45) is 11.7 Å². The summed E-state index contributed by atoms with van der Waals surface area (Å²) in [5, 5.41) is 5.85. The zero-order valence-electron chi connectivity index (χ0n) is 11.9. The Kier molecular flexibility index (Phi) is 8.02. The fourth-order valence-electron chi connectivity index (χ4n) is 2.29.